The van der Waals surface area contributed by atoms with E-state index in [9.17, 15) is 14.7 Å². The molecule has 3 fully saturated rings. The summed E-state index contributed by atoms with van der Waals surface area (Å²) in [5, 5.41) is 15.6. The Kier molecular flexibility index (Phi) is 8.61. The number of Topliss-reactive ketones (excluding diaryl/α,β-unsaturated/α-hetero) is 1. The fourth-order valence-electron chi connectivity index (χ4n) is 8.81. The topological polar surface area (TPSA) is 204 Å². The van der Waals surface area contributed by atoms with E-state index in [1.807, 2.05) is 6.92 Å². The summed E-state index contributed by atoms with van der Waals surface area (Å²) in [6.07, 6.45) is 6.63. The molecule has 254 valence electrons. The number of nitrogens with two attached hydrogens (primary N) is 2. The van der Waals surface area contributed by atoms with Crippen molar-refractivity contribution in [3.05, 3.63) is 48.8 Å². The van der Waals surface area contributed by atoms with E-state index in [4.69, 9.17) is 21.1 Å². The van der Waals surface area contributed by atoms with Gasteiger partial charge in [-0.15, -0.1) is 6.58 Å². The van der Waals surface area contributed by atoms with Crippen molar-refractivity contribution in [3.63, 3.8) is 0 Å². The van der Waals surface area contributed by atoms with Crippen LogP contribution in [0.25, 0.3) is 11.2 Å². The van der Waals surface area contributed by atoms with Crippen LogP contribution in [0.4, 0.5) is 5.95 Å². The largest absolute Gasteiger partial charge is 0.460 e. The number of aromatic nitrogens is 4. The molecule has 0 aliphatic heterocycles. The van der Waals surface area contributed by atoms with E-state index in [1.165, 1.54) is 12.5 Å². The molecule has 0 saturated heterocycles. The fraction of sp³-hybridized carbons (Fsp3) is 0.514. The minimum atomic E-state index is -0.735. The molecule has 2 bridgehead atoms. The van der Waals surface area contributed by atoms with E-state index in [-0.39, 0.29) is 47.3 Å². The lowest BCUT2D eigenvalue weighted by molar-refractivity contribution is -0.205. The number of hydrogen-bond donors (Lipinski definition) is 4. The van der Waals surface area contributed by atoms with E-state index < -0.39 is 29.0 Å². The number of nitrogens with zero attached hydrogens (tertiary/aromatic N) is 5. The monoisotopic (exact) mass is 656 g/mol. The number of esters is 1. The summed E-state index contributed by atoms with van der Waals surface area (Å²) in [7, 11) is 0. The number of rotatable bonds is 8. The number of hydrazone groups is 1. The highest BCUT2D eigenvalue weighted by Gasteiger charge is 2.68. The lowest BCUT2D eigenvalue weighted by Gasteiger charge is -2.61. The standard InChI is InChI=1S/C35H44N8O5/c1-6-33(4)15-25(34(5)19(2)10-12-35(20(3)29(33)46)13-11-24(44)28(34)35)48-26(45)17-38-16-23(43-37)21-8-7-9-22(14-21)47-31-27-30(40-18-39-27)41-32(36)42-31/h6-9,14,16,18-20,25,28-29,46H,1,10-13,15,17,37H2,2-5H3,(H3,36,39,40,41,42)/t19-,20+,25-,28+,29+,33-,34+,35+/m1/s1. The number of aliphatic hydroxyl groups excluding tert-OH is 1. The van der Waals surface area contributed by atoms with Crippen LogP contribution in [-0.2, 0) is 14.3 Å². The van der Waals surface area contributed by atoms with Crippen LogP contribution >= 0.6 is 0 Å². The molecule has 6 N–H and O–H groups in total. The second-order valence-electron chi connectivity index (χ2n) is 14.2. The summed E-state index contributed by atoms with van der Waals surface area (Å²) in [5.74, 6) is 5.76. The number of aliphatic hydroxyl groups is 1. The Morgan fingerprint density at radius 3 is 2.79 bits per heavy atom. The van der Waals surface area contributed by atoms with E-state index in [2.05, 4.69) is 57.4 Å². The summed E-state index contributed by atoms with van der Waals surface area (Å²) >= 11 is 0. The molecule has 0 spiro atoms. The van der Waals surface area contributed by atoms with Gasteiger partial charge in [0.1, 0.15) is 35.4 Å². The summed E-state index contributed by atoms with van der Waals surface area (Å²) < 4.78 is 12.3. The molecule has 13 nitrogen and oxygen atoms in total. The number of ether oxygens (including phenoxy) is 2. The highest BCUT2D eigenvalue weighted by molar-refractivity contribution is 6.38. The lowest BCUT2D eigenvalue weighted by atomic mass is 9.44. The number of imidazole rings is 1. The van der Waals surface area contributed by atoms with E-state index in [0.29, 0.717) is 41.0 Å². The molecule has 13 heteroatoms. The maximum absolute atomic E-state index is 13.6. The fourth-order valence-corrected chi connectivity index (χ4v) is 8.81. The minimum absolute atomic E-state index is 0.0179. The molecule has 3 saturated carbocycles. The van der Waals surface area contributed by atoms with Gasteiger partial charge < -0.3 is 31.1 Å². The second kappa shape index (κ2) is 12.4. The number of aliphatic imine (C=N–C) groups is 1. The average Bonchev–Trinajstić information content (AvgIpc) is 3.68. The summed E-state index contributed by atoms with van der Waals surface area (Å²) in [4.78, 5) is 46.7. The maximum atomic E-state index is 13.6. The molecule has 2 aromatic heterocycles. The molecule has 1 aromatic carbocycles. The van der Waals surface area contributed by atoms with Crippen molar-refractivity contribution >= 4 is 40.8 Å². The van der Waals surface area contributed by atoms with Crippen LogP contribution in [0.15, 0.2) is 53.3 Å². The molecule has 8 atom stereocenters. The maximum Gasteiger partial charge on any atom is 0.327 e. The van der Waals surface area contributed by atoms with Crippen molar-refractivity contribution in [2.45, 2.75) is 72.0 Å². The molecule has 3 aliphatic rings. The van der Waals surface area contributed by atoms with Gasteiger partial charge in [0.25, 0.3) is 5.88 Å². The average molecular weight is 657 g/mol. The minimum Gasteiger partial charge on any atom is -0.460 e. The first-order valence-corrected chi connectivity index (χ1v) is 16.4. The summed E-state index contributed by atoms with van der Waals surface area (Å²) in [6, 6.07) is 6.95. The Morgan fingerprint density at radius 2 is 2.04 bits per heavy atom. The Morgan fingerprint density at radius 1 is 1.25 bits per heavy atom. The van der Waals surface area contributed by atoms with Crippen molar-refractivity contribution in [2.24, 2.45) is 49.9 Å². The number of hydrogen-bond acceptors (Lipinski definition) is 12. The number of benzene rings is 1. The highest BCUT2D eigenvalue weighted by atomic mass is 16.5. The van der Waals surface area contributed by atoms with Crippen LogP contribution in [-0.4, -0.2) is 67.5 Å². The molecule has 6 rings (SSSR count). The number of anilines is 1. The Bertz CT molecular complexity index is 1810. The van der Waals surface area contributed by atoms with Gasteiger partial charge in [0, 0.05) is 28.7 Å². The second-order valence-corrected chi connectivity index (χ2v) is 14.2. The van der Waals surface area contributed by atoms with Crippen molar-refractivity contribution in [1.82, 2.24) is 19.9 Å². The van der Waals surface area contributed by atoms with Gasteiger partial charge >= 0.3 is 5.97 Å². The number of nitrogens with one attached hydrogen (secondary N) is 1. The van der Waals surface area contributed by atoms with Crippen LogP contribution in [0.1, 0.15) is 65.4 Å². The quantitative estimate of drug-likeness (QED) is 0.0886. The van der Waals surface area contributed by atoms with Gasteiger partial charge in [-0.25, -0.2) is 4.98 Å². The summed E-state index contributed by atoms with van der Waals surface area (Å²) in [5.41, 5.74) is 5.89. The summed E-state index contributed by atoms with van der Waals surface area (Å²) in [6.45, 7) is 12.1. The molecule has 3 aliphatic carbocycles. The van der Waals surface area contributed by atoms with Crippen molar-refractivity contribution in [1.29, 1.82) is 0 Å². The molecule has 48 heavy (non-hydrogen) atoms. The lowest BCUT2D eigenvalue weighted by Crippen LogP contribution is -2.63. The number of nitrogen functional groups attached to an aromatic ring is 1. The van der Waals surface area contributed by atoms with Crippen LogP contribution in [0, 0.1) is 34.0 Å². The number of carbonyl (C=O) groups is 2. The van der Waals surface area contributed by atoms with Gasteiger partial charge in [0.15, 0.2) is 5.65 Å². The van der Waals surface area contributed by atoms with Crippen molar-refractivity contribution in [2.75, 3.05) is 12.3 Å². The zero-order valence-corrected chi connectivity index (χ0v) is 27.8. The zero-order valence-electron chi connectivity index (χ0n) is 27.8. The third kappa shape index (κ3) is 5.43. The molecule has 0 radical (unpaired) electrons. The number of H-pyrrole nitrogens is 1. The molecule has 2 heterocycles. The van der Waals surface area contributed by atoms with Crippen LogP contribution in [0.2, 0.25) is 0 Å². The van der Waals surface area contributed by atoms with Crippen LogP contribution in [0.5, 0.6) is 11.6 Å². The first-order valence-electron chi connectivity index (χ1n) is 16.4. The predicted octanol–water partition coefficient (Wildman–Crippen LogP) is 4.37. The van der Waals surface area contributed by atoms with E-state index >= 15 is 0 Å². The van der Waals surface area contributed by atoms with Crippen LogP contribution in [0.3, 0.4) is 0 Å². The first-order chi connectivity index (χ1) is 22.9. The molecular formula is C35H44N8O5. The van der Waals surface area contributed by atoms with Crippen molar-refractivity contribution < 1.29 is 24.2 Å². The SMILES string of the molecule is C=C[C@]1(C)C[C@@H](OC(=O)CN=CC(=NN)c2cccc(Oc3nc(N)nc4nc[nH]c34)c2)[C@]2(C)[C@H](C)CC[C@]3(CCC(=O)[C@H]32)[C@@H](C)[C@@H]1O. The van der Waals surface area contributed by atoms with Gasteiger partial charge in [-0.3, -0.25) is 14.6 Å². The van der Waals surface area contributed by atoms with Gasteiger partial charge in [-0.1, -0.05) is 45.9 Å². The number of ketones is 1. The normalized spacial score (nSPS) is 33.6. The van der Waals surface area contributed by atoms with Gasteiger partial charge in [0.2, 0.25) is 5.95 Å². The highest BCUT2D eigenvalue weighted by Crippen LogP contribution is 2.68. The third-order valence-corrected chi connectivity index (χ3v) is 11.8. The van der Waals surface area contributed by atoms with Gasteiger partial charge in [0.05, 0.1) is 18.6 Å². The Labute approximate surface area is 279 Å². The predicted molar refractivity (Wildman–Crippen MR) is 181 cm³/mol. The van der Waals surface area contributed by atoms with Gasteiger partial charge in [-0.05, 0) is 55.1 Å². The molecule has 0 unspecified atom stereocenters. The first kappa shape index (κ1) is 33.3. The number of aromatic amines is 1. The van der Waals surface area contributed by atoms with Gasteiger partial charge in [-0.2, -0.15) is 15.1 Å². The third-order valence-electron chi connectivity index (χ3n) is 11.8. The Balaban J connectivity index is 1.21. The smallest absolute Gasteiger partial charge is 0.327 e. The molecule has 0 amide bonds. The van der Waals surface area contributed by atoms with E-state index in [0.717, 1.165) is 19.3 Å². The van der Waals surface area contributed by atoms with Crippen LogP contribution < -0.4 is 16.3 Å². The molecule has 3 aromatic rings. The van der Waals surface area contributed by atoms with E-state index in [1.54, 1.807) is 30.3 Å². The zero-order chi connectivity index (χ0) is 34.4. The number of carbonyl (C=O) groups excluding carboxylic acids is 2. The van der Waals surface area contributed by atoms with Crippen molar-refractivity contribution in [3.8, 4) is 11.6 Å². The Hall–Kier alpha value is -4.65. The number of fused-ring (bicyclic) bond motifs is 1. The molecular weight excluding hydrogens is 612 g/mol.